The van der Waals surface area contributed by atoms with Crippen LogP contribution in [0.25, 0.3) is 0 Å². The fourth-order valence-corrected chi connectivity index (χ4v) is 4.55. The van der Waals surface area contributed by atoms with Gasteiger partial charge in [0.25, 0.3) is 0 Å². The lowest BCUT2D eigenvalue weighted by atomic mass is 9.93. The minimum absolute atomic E-state index is 0.235. The SMILES string of the molecule is CCCC1=C(C(=O)OCC)[C@H](c2ccc(OCC)c(Cl)c2)N2C(=N1)SC(C#N)=C2N. The first kappa shape index (κ1) is 22.1. The van der Waals surface area contributed by atoms with E-state index in [1.54, 1.807) is 24.0 Å². The Balaban J connectivity index is 2.21. The lowest BCUT2D eigenvalue weighted by molar-refractivity contribution is -0.139. The van der Waals surface area contributed by atoms with Crippen molar-refractivity contribution >= 4 is 34.5 Å². The molecule has 2 N–H and O–H groups in total. The molecule has 2 heterocycles. The van der Waals surface area contributed by atoms with Crippen molar-refractivity contribution < 1.29 is 14.3 Å². The maximum Gasteiger partial charge on any atom is 0.338 e. The van der Waals surface area contributed by atoms with Crippen LogP contribution in [-0.2, 0) is 9.53 Å². The predicted octanol–water partition coefficient (Wildman–Crippen LogP) is 4.47. The van der Waals surface area contributed by atoms with Gasteiger partial charge >= 0.3 is 5.97 Å². The van der Waals surface area contributed by atoms with Crippen LogP contribution in [0, 0.1) is 11.3 Å². The molecule has 0 saturated carbocycles. The highest BCUT2D eigenvalue weighted by atomic mass is 35.5. The zero-order chi connectivity index (χ0) is 21.8. The van der Waals surface area contributed by atoms with Gasteiger partial charge in [0, 0.05) is 0 Å². The number of hydrogen-bond donors (Lipinski definition) is 1. The molecule has 0 fully saturated rings. The molecule has 1 aromatic carbocycles. The van der Waals surface area contributed by atoms with E-state index in [9.17, 15) is 10.1 Å². The number of fused-ring (bicyclic) bond motifs is 1. The van der Waals surface area contributed by atoms with Crippen LogP contribution in [-0.4, -0.2) is 29.3 Å². The number of carbonyl (C=O) groups is 1. The van der Waals surface area contributed by atoms with Gasteiger partial charge in [-0.15, -0.1) is 0 Å². The molecule has 2 aliphatic heterocycles. The summed E-state index contributed by atoms with van der Waals surface area (Å²) in [6, 6.07) is 6.87. The van der Waals surface area contributed by atoms with Crippen molar-refractivity contribution in [1.29, 1.82) is 5.26 Å². The van der Waals surface area contributed by atoms with Crippen molar-refractivity contribution in [2.45, 2.75) is 39.7 Å². The lowest BCUT2D eigenvalue weighted by Gasteiger charge is -2.35. The van der Waals surface area contributed by atoms with E-state index >= 15 is 0 Å². The van der Waals surface area contributed by atoms with E-state index in [1.807, 2.05) is 19.9 Å². The van der Waals surface area contributed by atoms with Gasteiger partial charge in [-0.1, -0.05) is 31.0 Å². The number of nitrogens with two attached hydrogens (primary N) is 1. The molecular formula is C21H23ClN4O3S. The summed E-state index contributed by atoms with van der Waals surface area (Å²) in [6.45, 7) is 6.37. The third-order valence-corrected chi connectivity index (χ3v) is 5.89. The van der Waals surface area contributed by atoms with Crippen molar-refractivity contribution in [3.05, 3.63) is 50.8 Å². The number of carbonyl (C=O) groups excluding carboxylic acids is 1. The summed E-state index contributed by atoms with van der Waals surface area (Å²) in [5.74, 6) is 0.357. The number of amidine groups is 1. The molecule has 9 heteroatoms. The number of rotatable bonds is 7. The normalized spacial score (nSPS) is 18.2. The van der Waals surface area contributed by atoms with Crippen molar-refractivity contribution in [3.8, 4) is 11.8 Å². The predicted molar refractivity (Wildman–Crippen MR) is 118 cm³/mol. The first-order valence-electron chi connectivity index (χ1n) is 9.74. The molecule has 1 aromatic rings. The van der Waals surface area contributed by atoms with Gasteiger partial charge in [0.2, 0.25) is 0 Å². The van der Waals surface area contributed by atoms with E-state index in [0.29, 0.717) is 45.1 Å². The average Bonchev–Trinajstić information content (AvgIpc) is 3.04. The molecular weight excluding hydrogens is 424 g/mol. The van der Waals surface area contributed by atoms with Gasteiger partial charge in [0.15, 0.2) is 5.17 Å². The quantitative estimate of drug-likeness (QED) is 0.616. The Bertz CT molecular complexity index is 996. The second-order valence-corrected chi connectivity index (χ2v) is 7.93. The number of halogens is 1. The van der Waals surface area contributed by atoms with Crippen molar-refractivity contribution in [3.63, 3.8) is 0 Å². The molecule has 0 saturated heterocycles. The topological polar surface area (TPSA) is 101 Å². The zero-order valence-corrected chi connectivity index (χ0v) is 18.6. The fraction of sp³-hybridized carbons (Fsp3) is 0.381. The molecule has 2 aliphatic rings. The molecule has 0 bridgehead atoms. The number of thioether (sulfide) groups is 1. The monoisotopic (exact) mass is 446 g/mol. The van der Waals surface area contributed by atoms with Crippen LogP contribution in [0.4, 0.5) is 0 Å². The van der Waals surface area contributed by atoms with E-state index in [2.05, 4.69) is 11.1 Å². The maximum atomic E-state index is 13.0. The Labute approximate surface area is 185 Å². The van der Waals surface area contributed by atoms with Crippen LogP contribution in [0.3, 0.4) is 0 Å². The van der Waals surface area contributed by atoms with Crippen molar-refractivity contribution in [2.75, 3.05) is 13.2 Å². The summed E-state index contributed by atoms with van der Waals surface area (Å²) < 4.78 is 10.9. The minimum Gasteiger partial charge on any atom is -0.492 e. The molecule has 0 aromatic heterocycles. The average molecular weight is 447 g/mol. The second kappa shape index (κ2) is 9.45. The number of benzene rings is 1. The number of hydrogen-bond acceptors (Lipinski definition) is 8. The summed E-state index contributed by atoms with van der Waals surface area (Å²) in [7, 11) is 0. The van der Waals surface area contributed by atoms with E-state index in [1.165, 1.54) is 11.8 Å². The minimum atomic E-state index is -0.607. The van der Waals surface area contributed by atoms with Crippen molar-refractivity contribution in [1.82, 2.24) is 4.90 Å². The van der Waals surface area contributed by atoms with Gasteiger partial charge in [-0.05, 0) is 49.7 Å². The zero-order valence-electron chi connectivity index (χ0n) is 17.1. The van der Waals surface area contributed by atoms with Crippen molar-refractivity contribution in [2.24, 2.45) is 10.7 Å². The number of ether oxygens (including phenoxy) is 2. The molecule has 0 amide bonds. The molecule has 3 rings (SSSR count). The molecule has 7 nitrogen and oxygen atoms in total. The summed E-state index contributed by atoms with van der Waals surface area (Å²) >= 11 is 7.64. The second-order valence-electron chi connectivity index (χ2n) is 6.55. The first-order chi connectivity index (χ1) is 14.5. The van der Waals surface area contributed by atoms with Gasteiger partial charge in [-0.25, -0.2) is 9.79 Å². The van der Waals surface area contributed by atoms with Crippen LogP contribution in [0.5, 0.6) is 5.75 Å². The Morgan fingerprint density at radius 3 is 2.73 bits per heavy atom. The molecule has 0 unspecified atom stereocenters. The molecule has 30 heavy (non-hydrogen) atoms. The van der Waals surface area contributed by atoms with Crippen LogP contribution >= 0.6 is 23.4 Å². The van der Waals surface area contributed by atoms with Gasteiger partial charge < -0.3 is 15.2 Å². The third-order valence-electron chi connectivity index (χ3n) is 4.62. The van der Waals surface area contributed by atoms with Crippen LogP contribution in [0.15, 0.2) is 45.2 Å². The Morgan fingerprint density at radius 2 is 2.13 bits per heavy atom. The summed E-state index contributed by atoms with van der Waals surface area (Å²) in [6.07, 6.45) is 1.39. The smallest absolute Gasteiger partial charge is 0.338 e. The van der Waals surface area contributed by atoms with Crippen LogP contribution in [0.2, 0.25) is 5.02 Å². The highest BCUT2D eigenvalue weighted by Gasteiger charge is 2.43. The standard InChI is InChI=1S/C21H23ClN4O3S/c1-4-7-14-17(20(27)29-6-3)18(12-8-9-15(28-5-2)13(22)10-12)26-19(24)16(11-23)30-21(26)25-14/h8-10,18H,4-7,24H2,1-3H3/t18-/m0/s1. The van der Waals surface area contributed by atoms with Gasteiger partial charge in [-0.3, -0.25) is 4.90 Å². The highest BCUT2D eigenvalue weighted by Crippen LogP contribution is 2.47. The maximum absolute atomic E-state index is 13.0. The summed E-state index contributed by atoms with van der Waals surface area (Å²) in [5, 5.41) is 10.5. The van der Waals surface area contributed by atoms with E-state index < -0.39 is 12.0 Å². The van der Waals surface area contributed by atoms with E-state index in [-0.39, 0.29) is 12.4 Å². The number of allylic oxidation sites excluding steroid dienone is 2. The summed E-state index contributed by atoms with van der Waals surface area (Å²) in [4.78, 5) is 19.7. The largest absolute Gasteiger partial charge is 0.492 e. The first-order valence-corrected chi connectivity index (χ1v) is 10.9. The van der Waals surface area contributed by atoms with Crippen LogP contribution < -0.4 is 10.5 Å². The molecule has 0 aliphatic carbocycles. The van der Waals surface area contributed by atoms with Crippen LogP contribution in [0.1, 0.15) is 45.2 Å². The molecule has 1 atom stereocenters. The number of nitriles is 1. The summed E-state index contributed by atoms with van der Waals surface area (Å²) in [5.41, 5.74) is 8.07. The highest BCUT2D eigenvalue weighted by molar-refractivity contribution is 8.17. The molecule has 0 radical (unpaired) electrons. The lowest BCUT2D eigenvalue weighted by Crippen LogP contribution is -2.39. The van der Waals surface area contributed by atoms with Gasteiger partial charge in [0.1, 0.15) is 22.5 Å². The van der Waals surface area contributed by atoms with E-state index in [0.717, 1.165) is 12.0 Å². The Morgan fingerprint density at radius 1 is 1.37 bits per heavy atom. The number of esters is 1. The number of aliphatic imine (C=N–C) groups is 1. The van der Waals surface area contributed by atoms with E-state index in [4.69, 9.17) is 26.8 Å². The molecule has 158 valence electrons. The van der Waals surface area contributed by atoms with Gasteiger partial charge in [-0.2, -0.15) is 5.26 Å². The van der Waals surface area contributed by atoms with Gasteiger partial charge in [0.05, 0.1) is 35.5 Å². The Hall–Kier alpha value is -2.63. The molecule has 0 spiro atoms. The third kappa shape index (κ3) is 4.00. The fourth-order valence-electron chi connectivity index (χ4n) is 3.42. The number of nitrogens with zero attached hydrogens (tertiary/aromatic N) is 3. The Kier molecular flexibility index (Phi) is 6.95.